The second-order valence-corrected chi connectivity index (χ2v) is 5.60. The topological polar surface area (TPSA) is 46.3 Å². The first kappa shape index (κ1) is 13.2. The maximum atomic E-state index is 12.5. The Morgan fingerprint density at radius 1 is 1.50 bits per heavy atom. The van der Waals surface area contributed by atoms with Crippen molar-refractivity contribution < 1.29 is 4.79 Å². The Bertz CT molecular complexity index is 459. The molecule has 1 aliphatic rings. The highest BCUT2D eigenvalue weighted by molar-refractivity contribution is 6.33. The van der Waals surface area contributed by atoms with Gasteiger partial charge in [-0.05, 0) is 37.0 Å². The first-order valence-electron chi connectivity index (χ1n) is 6.36. The Morgan fingerprint density at radius 3 is 2.83 bits per heavy atom. The normalized spacial score (nSPS) is 19.6. The van der Waals surface area contributed by atoms with Crippen LogP contribution in [-0.4, -0.2) is 23.4 Å². The Kier molecular flexibility index (Phi) is 3.81. The van der Waals surface area contributed by atoms with Gasteiger partial charge in [-0.15, -0.1) is 0 Å². The molecule has 0 radical (unpaired) electrons. The van der Waals surface area contributed by atoms with Gasteiger partial charge in [0.15, 0.2) is 0 Å². The van der Waals surface area contributed by atoms with Crippen LogP contribution in [0.15, 0.2) is 18.2 Å². The van der Waals surface area contributed by atoms with Crippen LogP contribution >= 0.6 is 11.6 Å². The lowest BCUT2D eigenvalue weighted by Crippen LogP contribution is -2.38. The van der Waals surface area contributed by atoms with E-state index in [2.05, 4.69) is 13.8 Å². The van der Waals surface area contributed by atoms with Crippen molar-refractivity contribution in [2.45, 2.75) is 32.7 Å². The van der Waals surface area contributed by atoms with Gasteiger partial charge in [0.2, 0.25) is 0 Å². The predicted molar refractivity (Wildman–Crippen MR) is 74.8 cm³/mol. The molecule has 1 unspecified atom stereocenters. The van der Waals surface area contributed by atoms with Gasteiger partial charge in [-0.2, -0.15) is 0 Å². The number of carbonyl (C=O) groups is 1. The summed E-state index contributed by atoms with van der Waals surface area (Å²) in [6.45, 7) is 5.15. The maximum absolute atomic E-state index is 12.5. The van der Waals surface area contributed by atoms with Crippen LogP contribution in [0.25, 0.3) is 0 Å². The van der Waals surface area contributed by atoms with Gasteiger partial charge < -0.3 is 10.6 Å². The Hall–Kier alpha value is -1.22. The van der Waals surface area contributed by atoms with E-state index in [0.29, 0.717) is 28.2 Å². The molecular formula is C14H19ClN2O. The fraction of sp³-hybridized carbons (Fsp3) is 0.500. The van der Waals surface area contributed by atoms with Crippen molar-refractivity contribution in [1.29, 1.82) is 0 Å². The summed E-state index contributed by atoms with van der Waals surface area (Å²) < 4.78 is 0. The molecule has 0 spiro atoms. The molecule has 1 heterocycles. The third-order valence-electron chi connectivity index (χ3n) is 3.58. The van der Waals surface area contributed by atoms with Crippen molar-refractivity contribution in [2.24, 2.45) is 5.92 Å². The van der Waals surface area contributed by atoms with E-state index in [4.69, 9.17) is 17.3 Å². The van der Waals surface area contributed by atoms with Crippen molar-refractivity contribution in [3.8, 4) is 0 Å². The number of amides is 1. The number of carbonyl (C=O) groups excluding carboxylic acids is 1. The van der Waals surface area contributed by atoms with Gasteiger partial charge in [-0.1, -0.05) is 25.4 Å². The lowest BCUT2D eigenvalue weighted by molar-refractivity contribution is 0.0701. The average Bonchev–Trinajstić information content (AvgIpc) is 2.81. The fourth-order valence-electron chi connectivity index (χ4n) is 2.56. The van der Waals surface area contributed by atoms with Crippen LogP contribution in [0.4, 0.5) is 5.69 Å². The summed E-state index contributed by atoms with van der Waals surface area (Å²) in [7, 11) is 0. The van der Waals surface area contributed by atoms with E-state index in [1.807, 2.05) is 4.90 Å². The molecule has 1 saturated heterocycles. The van der Waals surface area contributed by atoms with Crippen molar-refractivity contribution in [2.75, 3.05) is 12.3 Å². The monoisotopic (exact) mass is 266 g/mol. The van der Waals surface area contributed by atoms with Crippen LogP contribution in [0.5, 0.6) is 0 Å². The van der Waals surface area contributed by atoms with E-state index >= 15 is 0 Å². The number of benzene rings is 1. The Labute approximate surface area is 113 Å². The summed E-state index contributed by atoms with van der Waals surface area (Å²) in [5.41, 5.74) is 6.80. The molecule has 1 aromatic rings. The molecule has 18 heavy (non-hydrogen) atoms. The minimum Gasteiger partial charge on any atom is -0.398 e. The fourth-order valence-corrected chi connectivity index (χ4v) is 2.74. The van der Waals surface area contributed by atoms with Crippen LogP contribution in [0.3, 0.4) is 0 Å². The number of anilines is 1. The summed E-state index contributed by atoms with van der Waals surface area (Å²) in [5, 5.41) is 0.446. The zero-order chi connectivity index (χ0) is 13.3. The molecule has 1 atom stereocenters. The van der Waals surface area contributed by atoms with E-state index in [0.717, 1.165) is 19.4 Å². The van der Waals surface area contributed by atoms with Gasteiger partial charge in [-0.25, -0.2) is 0 Å². The second-order valence-electron chi connectivity index (χ2n) is 5.19. The third-order valence-corrected chi connectivity index (χ3v) is 3.90. The quantitative estimate of drug-likeness (QED) is 0.836. The molecule has 2 N–H and O–H groups in total. The Morgan fingerprint density at radius 2 is 2.22 bits per heavy atom. The predicted octanol–water partition coefficient (Wildman–Crippen LogP) is 3.18. The molecule has 2 rings (SSSR count). The standard InChI is InChI=1S/C14H19ClN2O/c1-9(2)13-4-3-7-17(13)14(18)10-5-6-12(16)11(15)8-10/h5-6,8-9,13H,3-4,7,16H2,1-2H3. The molecular weight excluding hydrogens is 248 g/mol. The molecule has 0 saturated carbocycles. The molecule has 3 nitrogen and oxygen atoms in total. The lowest BCUT2D eigenvalue weighted by Gasteiger charge is -2.27. The molecule has 0 bridgehead atoms. The summed E-state index contributed by atoms with van der Waals surface area (Å²) in [6.07, 6.45) is 2.17. The zero-order valence-corrected chi connectivity index (χ0v) is 11.6. The van der Waals surface area contributed by atoms with Crippen molar-refractivity contribution in [3.05, 3.63) is 28.8 Å². The van der Waals surface area contributed by atoms with Crippen molar-refractivity contribution >= 4 is 23.2 Å². The highest BCUT2D eigenvalue weighted by atomic mass is 35.5. The van der Waals surface area contributed by atoms with E-state index in [1.165, 1.54) is 0 Å². The highest BCUT2D eigenvalue weighted by Crippen LogP contribution is 2.27. The van der Waals surface area contributed by atoms with Crippen LogP contribution in [0.2, 0.25) is 5.02 Å². The summed E-state index contributed by atoms with van der Waals surface area (Å²) in [4.78, 5) is 14.4. The molecule has 1 fully saturated rings. The van der Waals surface area contributed by atoms with Gasteiger partial charge in [0.25, 0.3) is 5.91 Å². The number of nitrogens with two attached hydrogens (primary N) is 1. The van der Waals surface area contributed by atoms with E-state index in [-0.39, 0.29) is 5.91 Å². The molecule has 1 amide bonds. The molecule has 0 aliphatic carbocycles. The van der Waals surface area contributed by atoms with Gasteiger partial charge in [0.1, 0.15) is 0 Å². The van der Waals surface area contributed by atoms with E-state index in [1.54, 1.807) is 18.2 Å². The van der Waals surface area contributed by atoms with Gasteiger partial charge in [0.05, 0.1) is 10.7 Å². The molecule has 1 aliphatic heterocycles. The average molecular weight is 267 g/mol. The number of likely N-dealkylation sites (tertiary alicyclic amines) is 1. The number of hydrogen-bond acceptors (Lipinski definition) is 2. The Balaban J connectivity index is 2.22. The SMILES string of the molecule is CC(C)C1CCCN1C(=O)c1ccc(N)c(Cl)c1. The number of hydrogen-bond donors (Lipinski definition) is 1. The number of rotatable bonds is 2. The van der Waals surface area contributed by atoms with Crippen molar-refractivity contribution in [1.82, 2.24) is 4.90 Å². The maximum Gasteiger partial charge on any atom is 0.254 e. The van der Waals surface area contributed by atoms with E-state index in [9.17, 15) is 4.79 Å². The highest BCUT2D eigenvalue weighted by Gasteiger charge is 2.31. The second kappa shape index (κ2) is 5.19. The van der Waals surface area contributed by atoms with Crippen LogP contribution in [0, 0.1) is 5.92 Å². The first-order valence-corrected chi connectivity index (χ1v) is 6.74. The lowest BCUT2D eigenvalue weighted by atomic mass is 10.0. The number of nitrogen functional groups attached to an aromatic ring is 1. The largest absolute Gasteiger partial charge is 0.398 e. The third kappa shape index (κ3) is 2.46. The number of halogens is 1. The first-order chi connectivity index (χ1) is 8.50. The molecule has 1 aromatic carbocycles. The van der Waals surface area contributed by atoms with Crippen LogP contribution in [-0.2, 0) is 0 Å². The summed E-state index contributed by atoms with van der Waals surface area (Å²) in [5.74, 6) is 0.550. The zero-order valence-electron chi connectivity index (χ0n) is 10.8. The van der Waals surface area contributed by atoms with Crippen LogP contribution in [0.1, 0.15) is 37.0 Å². The van der Waals surface area contributed by atoms with E-state index < -0.39 is 0 Å². The van der Waals surface area contributed by atoms with Crippen LogP contribution < -0.4 is 5.73 Å². The smallest absolute Gasteiger partial charge is 0.254 e. The van der Waals surface area contributed by atoms with Gasteiger partial charge >= 0.3 is 0 Å². The molecule has 0 aromatic heterocycles. The summed E-state index contributed by atoms with van der Waals surface area (Å²) >= 11 is 5.97. The minimum absolute atomic E-state index is 0.0631. The summed E-state index contributed by atoms with van der Waals surface area (Å²) in [6, 6.07) is 5.44. The van der Waals surface area contributed by atoms with Gasteiger partial charge in [0, 0.05) is 18.2 Å². The van der Waals surface area contributed by atoms with Crippen molar-refractivity contribution in [3.63, 3.8) is 0 Å². The molecule has 4 heteroatoms. The number of nitrogens with zero attached hydrogens (tertiary/aromatic N) is 1. The van der Waals surface area contributed by atoms with Gasteiger partial charge in [-0.3, -0.25) is 4.79 Å². The minimum atomic E-state index is 0.0631. The molecule has 98 valence electrons.